The van der Waals surface area contributed by atoms with Crippen LogP contribution in [0.25, 0.3) is 10.9 Å². The third-order valence-electron chi connectivity index (χ3n) is 4.17. The number of aliphatic imine (C=N–C) groups is 1. The predicted molar refractivity (Wildman–Crippen MR) is 106 cm³/mol. The Bertz CT molecular complexity index is 1020. The van der Waals surface area contributed by atoms with Crippen LogP contribution in [0.15, 0.2) is 70.7 Å². The summed E-state index contributed by atoms with van der Waals surface area (Å²) in [5, 5.41) is 1.05. The first-order chi connectivity index (χ1) is 12.5. The average molecular weight is 367 g/mol. The first kappa shape index (κ1) is 18.2. The summed E-state index contributed by atoms with van der Waals surface area (Å²) in [6, 6.07) is 16.5. The molecule has 0 aliphatic carbocycles. The van der Waals surface area contributed by atoms with Gasteiger partial charge in [0.05, 0.1) is 16.1 Å². The third-order valence-corrected chi connectivity index (χ3v) is 6.23. The molecule has 3 rings (SSSR count). The highest BCUT2D eigenvalue weighted by atomic mass is 32.2. The fourth-order valence-corrected chi connectivity index (χ4v) is 4.20. The van der Waals surface area contributed by atoms with Crippen LogP contribution in [0, 0.1) is 0 Å². The predicted octanol–water partition coefficient (Wildman–Crippen LogP) is 4.02. The van der Waals surface area contributed by atoms with Gasteiger partial charge in [-0.25, -0.2) is 8.42 Å². The van der Waals surface area contributed by atoms with Crippen LogP contribution in [0.3, 0.4) is 0 Å². The summed E-state index contributed by atoms with van der Waals surface area (Å²) in [6.07, 6.45) is 3.53. The summed E-state index contributed by atoms with van der Waals surface area (Å²) in [5.41, 5.74) is 2.61. The maximum absolute atomic E-state index is 12.5. The van der Waals surface area contributed by atoms with Gasteiger partial charge in [-0.3, -0.25) is 9.98 Å². The van der Waals surface area contributed by atoms with E-state index in [0.29, 0.717) is 18.8 Å². The molecular formula is C20H21N3O2S. The van der Waals surface area contributed by atoms with E-state index in [0.717, 1.165) is 16.5 Å². The molecule has 0 bridgehead atoms. The summed E-state index contributed by atoms with van der Waals surface area (Å²) in [6.45, 7) is 4.57. The van der Waals surface area contributed by atoms with E-state index in [2.05, 4.69) is 9.98 Å². The highest BCUT2D eigenvalue weighted by Gasteiger charge is 2.20. The van der Waals surface area contributed by atoms with Gasteiger partial charge >= 0.3 is 0 Å². The Kier molecular flexibility index (Phi) is 5.44. The van der Waals surface area contributed by atoms with Crippen LogP contribution in [0.1, 0.15) is 19.4 Å². The van der Waals surface area contributed by atoms with Crippen molar-refractivity contribution in [2.75, 3.05) is 13.1 Å². The number of nitrogens with zero attached hydrogens (tertiary/aromatic N) is 3. The number of rotatable bonds is 6. The van der Waals surface area contributed by atoms with E-state index in [1.165, 1.54) is 4.31 Å². The van der Waals surface area contributed by atoms with Gasteiger partial charge in [0, 0.05) is 30.9 Å². The molecule has 0 N–H and O–H groups in total. The number of fused-ring (bicyclic) bond motifs is 1. The first-order valence-corrected chi connectivity index (χ1v) is 9.97. The second-order valence-corrected chi connectivity index (χ2v) is 7.73. The van der Waals surface area contributed by atoms with Crippen LogP contribution in [-0.2, 0) is 10.0 Å². The van der Waals surface area contributed by atoms with Crippen molar-refractivity contribution < 1.29 is 8.42 Å². The standard InChI is InChI=1S/C20H21N3O2S/c1-3-23(4-2)26(24,25)19-10-8-18(9-11-19)22-15-16-7-12-20-17(14-16)6-5-13-21-20/h5-15H,3-4H2,1-2H3. The lowest BCUT2D eigenvalue weighted by Gasteiger charge is -2.18. The number of hydrogen-bond acceptors (Lipinski definition) is 4. The molecule has 6 heteroatoms. The molecule has 0 atom stereocenters. The summed E-state index contributed by atoms with van der Waals surface area (Å²) in [7, 11) is -3.43. The summed E-state index contributed by atoms with van der Waals surface area (Å²) in [4.78, 5) is 9.02. The van der Waals surface area contributed by atoms with Gasteiger partial charge in [0.2, 0.25) is 10.0 Å². The molecule has 0 aliphatic rings. The van der Waals surface area contributed by atoms with Crippen LogP contribution in [0.4, 0.5) is 5.69 Å². The van der Waals surface area contributed by atoms with Crippen molar-refractivity contribution in [3.63, 3.8) is 0 Å². The lowest BCUT2D eigenvalue weighted by molar-refractivity contribution is 0.445. The lowest BCUT2D eigenvalue weighted by Crippen LogP contribution is -2.30. The third kappa shape index (κ3) is 3.81. The summed E-state index contributed by atoms with van der Waals surface area (Å²) >= 11 is 0. The van der Waals surface area contributed by atoms with Gasteiger partial charge in [0.15, 0.2) is 0 Å². The molecule has 1 heterocycles. The van der Waals surface area contributed by atoms with Crippen molar-refractivity contribution in [3.8, 4) is 0 Å². The molecule has 0 saturated carbocycles. The van der Waals surface area contributed by atoms with Gasteiger partial charge in [0.25, 0.3) is 0 Å². The monoisotopic (exact) mass is 367 g/mol. The molecule has 0 aliphatic heterocycles. The van der Waals surface area contributed by atoms with Crippen molar-refractivity contribution in [2.24, 2.45) is 4.99 Å². The lowest BCUT2D eigenvalue weighted by atomic mass is 10.1. The van der Waals surface area contributed by atoms with E-state index < -0.39 is 10.0 Å². The van der Waals surface area contributed by atoms with Gasteiger partial charge in [-0.05, 0) is 48.0 Å². The normalized spacial score (nSPS) is 12.3. The number of aromatic nitrogens is 1. The largest absolute Gasteiger partial charge is 0.256 e. The van der Waals surface area contributed by atoms with Crippen LogP contribution in [-0.4, -0.2) is 37.0 Å². The molecule has 3 aromatic rings. The van der Waals surface area contributed by atoms with Crippen LogP contribution in [0.5, 0.6) is 0 Å². The molecule has 0 spiro atoms. The summed E-state index contributed by atoms with van der Waals surface area (Å²) < 4.78 is 26.4. The molecular weight excluding hydrogens is 346 g/mol. The van der Waals surface area contributed by atoms with Crippen molar-refractivity contribution in [3.05, 3.63) is 66.4 Å². The number of pyridine rings is 1. The van der Waals surface area contributed by atoms with Crippen molar-refractivity contribution in [2.45, 2.75) is 18.7 Å². The van der Waals surface area contributed by atoms with Crippen molar-refractivity contribution >= 4 is 32.8 Å². The average Bonchev–Trinajstić information content (AvgIpc) is 2.67. The van der Waals surface area contributed by atoms with E-state index in [1.54, 1.807) is 36.7 Å². The van der Waals surface area contributed by atoms with Gasteiger partial charge in [0.1, 0.15) is 0 Å². The van der Waals surface area contributed by atoms with Gasteiger partial charge in [-0.1, -0.05) is 26.0 Å². The molecule has 0 unspecified atom stereocenters. The zero-order valence-electron chi connectivity index (χ0n) is 14.8. The van der Waals surface area contributed by atoms with Gasteiger partial charge in [-0.2, -0.15) is 4.31 Å². The molecule has 0 fully saturated rings. The van der Waals surface area contributed by atoms with E-state index in [-0.39, 0.29) is 4.90 Å². The zero-order chi connectivity index (χ0) is 18.6. The minimum absolute atomic E-state index is 0.289. The molecule has 0 amide bonds. The molecule has 5 nitrogen and oxygen atoms in total. The Balaban J connectivity index is 1.81. The Labute approximate surface area is 154 Å². The Hall–Kier alpha value is -2.57. The maximum Gasteiger partial charge on any atom is 0.243 e. The SMILES string of the molecule is CCN(CC)S(=O)(=O)c1ccc(N=Cc2ccc3ncccc3c2)cc1. The molecule has 1 aromatic heterocycles. The van der Waals surface area contributed by atoms with Crippen molar-refractivity contribution in [1.82, 2.24) is 9.29 Å². The quantitative estimate of drug-likeness (QED) is 0.618. The Morgan fingerprint density at radius 2 is 1.77 bits per heavy atom. The zero-order valence-corrected chi connectivity index (χ0v) is 15.6. The van der Waals surface area contributed by atoms with E-state index in [9.17, 15) is 8.42 Å². The highest BCUT2D eigenvalue weighted by molar-refractivity contribution is 7.89. The van der Waals surface area contributed by atoms with Crippen LogP contribution >= 0.6 is 0 Å². The smallest absolute Gasteiger partial charge is 0.243 e. The van der Waals surface area contributed by atoms with E-state index >= 15 is 0 Å². The first-order valence-electron chi connectivity index (χ1n) is 8.53. The Morgan fingerprint density at radius 3 is 2.46 bits per heavy atom. The molecule has 134 valence electrons. The maximum atomic E-state index is 12.5. The van der Waals surface area contributed by atoms with Gasteiger partial charge in [-0.15, -0.1) is 0 Å². The Morgan fingerprint density at radius 1 is 1.04 bits per heavy atom. The number of sulfonamides is 1. The minimum atomic E-state index is -3.43. The molecule has 26 heavy (non-hydrogen) atoms. The molecule has 2 aromatic carbocycles. The molecule has 0 radical (unpaired) electrons. The van der Waals surface area contributed by atoms with Crippen LogP contribution < -0.4 is 0 Å². The fourth-order valence-electron chi connectivity index (χ4n) is 2.74. The van der Waals surface area contributed by atoms with Crippen LogP contribution in [0.2, 0.25) is 0 Å². The second kappa shape index (κ2) is 7.76. The molecule has 0 saturated heterocycles. The fraction of sp³-hybridized carbons (Fsp3) is 0.200. The van der Waals surface area contributed by atoms with E-state index in [1.807, 2.05) is 44.2 Å². The van der Waals surface area contributed by atoms with Crippen molar-refractivity contribution in [1.29, 1.82) is 0 Å². The highest BCUT2D eigenvalue weighted by Crippen LogP contribution is 2.20. The second-order valence-electron chi connectivity index (χ2n) is 5.80. The number of hydrogen-bond donors (Lipinski definition) is 0. The summed E-state index contributed by atoms with van der Waals surface area (Å²) in [5.74, 6) is 0. The topological polar surface area (TPSA) is 62.6 Å². The minimum Gasteiger partial charge on any atom is -0.256 e. The number of benzene rings is 2. The van der Waals surface area contributed by atoms with E-state index in [4.69, 9.17) is 0 Å². The van der Waals surface area contributed by atoms with Gasteiger partial charge < -0.3 is 0 Å².